The highest BCUT2D eigenvalue weighted by atomic mass is 16.2. The molecule has 0 bridgehead atoms. The number of allylic oxidation sites excluding steroid dienone is 2. The normalized spacial score (nSPS) is 18.8. The van der Waals surface area contributed by atoms with Gasteiger partial charge < -0.3 is 4.90 Å². The van der Waals surface area contributed by atoms with Gasteiger partial charge in [0, 0.05) is 32.0 Å². The lowest BCUT2D eigenvalue weighted by molar-refractivity contribution is -0.137. The molecule has 0 spiro atoms. The van der Waals surface area contributed by atoms with E-state index in [1.54, 1.807) is 0 Å². The summed E-state index contributed by atoms with van der Waals surface area (Å²) < 4.78 is 0. The fourth-order valence-electron chi connectivity index (χ4n) is 4.12. The first-order valence-corrected chi connectivity index (χ1v) is 10.0. The van der Waals surface area contributed by atoms with Crippen molar-refractivity contribution in [2.24, 2.45) is 0 Å². The molecule has 1 aliphatic heterocycles. The zero-order valence-corrected chi connectivity index (χ0v) is 16.4. The summed E-state index contributed by atoms with van der Waals surface area (Å²) >= 11 is 0. The number of aryl methyl sites for hydroxylation is 1. The van der Waals surface area contributed by atoms with Crippen molar-refractivity contribution in [2.45, 2.75) is 32.4 Å². The summed E-state index contributed by atoms with van der Waals surface area (Å²) in [5, 5.41) is 0. The van der Waals surface area contributed by atoms with E-state index in [0.717, 1.165) is 37.1 Å². The standard InChI is InChI=1S/C24H27N3O/c1-19-14-20(16-25-15-19)17-26-12-13-27(18-23(26)28)24(21-8-4-2-5-9-21)22-10-6-3-7-11-22/h2,4-6,8-11,14-16,24H,3,7,12-13,17-18H2,1H3. The lowest BCUT2D eigenvalue weighted by atomic mass is 9.92. The largest absolute Gasteiger partial charge is 0.336 e. The van der Waals surface area contributed by atoms with Gasteiger partial charge in [0.2, 0.25) is 5.91 Å². The number of nitrogens with zero attached hydrogens (tertiary/aromatic N) is 3. The van der Waals surface area contributed by atoms with Crippen molar-refractivity contribution >= 4 is 5.91 Å². The Balaban J connectivity index is 1.51. The SMILES string of the molecule is Cc1cncc(CN2CCN(C(C3=CCCC=C3)c3ccccc3)CC2=O)c1. The third kappa shape index (κ3) is 4.23. The number of aromatic nitrogens is 1. The van der Waals surface area contributed by atoms with Crippen LogP contribution < -0.4 is 0 Å². The van der Waals surface area contributed by atoms with E-state index in [4.69, 9.17) is 0 Å². The molecule has 0 N–H and O–H groups in total. The maximum atomic E-state index is 12.9. The Bertz CT molecular complexity index is 888. The van der Waals surface area contributed by atoms with E-state index in [1.807, 2.05) is 30.3 Å². The van der Waals surface area contributed by atoms with E-state index in [1.165, 1.54) is 11.1 Å². The second-order valence-electron chi connectivity index (χ2n) is 7.65. The van der Waals surface area contributed by atoms with E-state index < -0.39 is 0 Å². The first kappa shape index (κ1) is 18.6. The van der Waals surface area contributed by atoms with Crippen molar-refractivity contribution < 1.29 is 4.79 Å². The lowest BCUT2D eigenvalue weighted by Crippen LogP contribution is -2.51. The summed E-state index contributed by atoms with van der Waals surface area (Å²) in [6.07, 6.45) is 12.7. The smallest absolute Gasteiger partial charge is 0.237 e. The molecule has 1 fully saturated rings. The lowest BCUT2D eigenvalue weighted by Gasteiger charge is -2.40. The van der Waals surface area contributed by atoms with Crippen LogP contribution in [0, 0.1) is 6.92 Å². The Kier molecular flexibility index (Phi) is 5.68. The minimum atomic E-state index is 0.143. The van der Waals surface area contributed by atoms with Gasteiger partial charge in [0.25, 0.3) is 0 Å². The van der Waals surface area contributed by atoms with Crippen LogP contribution in [-0.2, 0) is 11.3 Å². The van der Waals surface area contributed by atoms with Crippen molar-refractivity contribution in [1.29, 1.82) is 0 Å². The summed E-state index contributed by atoms with van der Waals surface area (Å²) in [5.74, 6) is 0.189. The van der Waals surface area contributed by atoms with E-state index in [-0.39, 0.29) is 11.9 Å². The van der Waals surface area contributed by atoms with Crippen molar-refractivity contribution in [3.8, 4) is 0 Å². The molecule has 1 aromatic carbocycles. The summed E-state index contributed by atoms with van der Waals surface area (Å²) in [6.45, 7) is 4.74. The van der Waals surface area contributed by atoms with Gasteiger partial charge in [0.05, 0.1) is 12.6 Å². The fraction of sp³-hybridized carbons (Fsp3) is 0.333. The maximum Gasteiger partial charge on any atom is 0.237 e. The fourth-order valence-corrected chi connectivity index (χ4v) is 4.12. The summed E-state index contributed by atoms with van der Waals surface area (Å²) in [5.41, 5.74) is 4.79. The molecule has 4 rings (SSSR count). The van der Waals surface area contributed by atoms with E-state index in [0.29, 0.717) is 13.1 Å². The zero-order chi connectivity index (χ0) is 19.3. The number of hydrogen-bond donors (Lipinski definition) is 0. The molecule has 4 heteroatoms. The van der Waals surface area contributed by atoms with Gasteiger partial charge in [-0.25, -0.2) is 0 Å². The van der Waals surface area contributed by atoms with Crippen LogP contribution in [0.25, 0.3) is 0 Å². The molecule has 0 saturated carbocycles. The van der Waals surface area contributed by atoms with Crippen LogP contribution in [-0.4, -0.2) is 40.3 Å². The highest BCUT2D eigenvalue weighted by Gasteiger charge is 2.31. The predicted molar refractivity (Wildman–Crippen MR) is 112 cm³/mol. The number of carbonyl (C=O) groups excluding carboxylic acids is 1. The first-order chi connectivity index (χ1) is 13.7. The number of pyridine rings is 1. The Morgan fingerprint density at radius 1 is 1.11 bits per heavy atom. The third-order valence-electron chi connectivity index (χ3n) is 5.47. The molecule has 28 heavy (non-hydrogen) atoms. The highest BCUT2D eigenvalue weighted by molar-refractivity contribution is 5.79. The third-order valence-corrected chi connectivity index (χ3v) is 5.47. The molecule has 2 aliphatic rings. The Hall–Kier alpha value is -2.72. The Morgan fingerprint density at radius 2 is 1.96 bits per heavy atom. The second kappa shape index (κ2) is 8.53. The van der Waals surface area contributed by atoms with Crippen LogP contribution >= 0.6 is 0 Å². The average Bonchev–Trinajstić information content (AvgIpc) is 2.72. The van der Waals surface area contributed by atoms with E-state index in [2.05, 4.69) is 58.4 Å². The molecule has 2 heterocycles. The molecule has 4 nitrogen and oxygen atoms in total. The molecule has 144 valence electrons. The molecule has 1 unspecified atom stereocenters. The number of hydrogen-bond acceptors (Lipinski definition) is 3. The maximum absolute atomic E-state index is 12.9. The van der Waals surface area contributed by atoms with Gasteiger partial charge >= 0.3 is 0 Å². The number of amides is 1. The van der Waals surface area contributed by atoms with E-state index in [9.17, 15) is 4.79 Å². The Labute approximate surface area is 167 Å². The molecule has 1 atom stereocenters. The number of piperazine rings is 1. The summed E-state index contributed by atoms with van der Waals surface area (Å²) in [7, 11) is 0. The Morgan fingerprint density at radius 3 is 2.68 bits per heavy atom. The number of carbonyl (C=O) groups is 1. The van der Waals surface area contributed by atoms with Gasteiger partial charge in [-0.2, -0.15) is 0 Å². The van der Waals surface area contributed by atoms with E-state index >= 15 is 0 Å². The monoisotopic (exact) mass is 373 g/mol. The number of benzene rings is 1. The first-order valence-electron chi connectivity index (χ1n) is 10.0. The molecule has 1 saturated heterocycles. The quantitative estimate of drug-likeness (QED) is 0.793. The zero-order valence-electron chi connectivity index (χ0n) is 16.4. The van der Waals surface area contributed by atoms with Gasteiger partial charge in [0.1, 0.15) is 0 Å². The van der Waals surface area contributed by atoms with Crippen LogP contribution in [0.15, 0.2) is 72.6 Å². The summed E-state index contributed by atoms with van der Waals surface area (Å²) in [6, 6.07) is 12.8. The molecular weight excluding hydrogens is 346 g/mol. The van der Waals surface area contributed by atoms with Crippen LogP contribution in [0.2, 0.25) is 0 Å². The average molecular weight is 374 g/mol. The second-order valence-corrected chi connectivity index (χ2v) is 7.65. The van der Waals surface area contributed by atoms with Gasteiger partial charge in [-0.15, -0.1) is 0 Å². The van der Waals surface area contributed by atoms with Crippen molar-refractivity contribution in [2.75, 3.05) is 19.6 Å². The highest BCUT2D eigenvalue weighted by Crippen LogP contribution is 2.32. The molecule has 1 aliphatic carbocycles. The van der Waals surface area contributed by atoms with Crippen molar-refractivity contribution in [1.82, 2.24) is 14.8 Å². The summed E-state index contributed by atoms with van der Waals surface area (Å²) in [4.78, 5) is 21.5. The van der Waals surface area contributed by atoms with Crippen molar-refractivity contribution in [3.63, 3.8) is 0 Å². The van der Waals surface area contributed by atoms with Gasteiger partial charge in [-0.3, -0.25) is 14.7 Å². The molecule has 2 aromatic rings. The predicted octanol–water partition coefficient (Wildman–Crippen LogP) is 4.05. The van der Waals surface area contributed by atoms with Crippen LogP contribution in [0.1, 0.15) is 35.6 Å². The minimum absolute atomic E-state index is 0.143. The van der Waals surface area contributed by atoms with Crippen LogP contribution in [0.4, 0.5) is 0 Å². The molecule has 1 amide bonds. The van der Waals surface area contributed by atoms with Crippen LogP contribution in [0.5, 0.6) is 0 Å². The van der Waals surface area contributed by atoms with Crippen LogP contribution in [0.3, 0.4) is 0 Å². The topological polar surface area (TPSA) is 36.4 Å². The van der Waals surface area contributed by atoms with Gasteiger partial charge in [0.15, 0.2) is 0 Å². The number of rotatable bonds is 5. The molecular formula is C24H27N3O. The van der Waals surface area contributed by atoms with Gasteiger partial charge in [-0.05, 0) is 42.0 Å². The molecule has 1 aromatic heterocycles. The minimum Gasteiger partial charge on any atom is -0.336 e. The molecule has 0 radical (unpaired) electrons. The van der Waals surface area contributed by atoms with Gasteiger partial charge in [-0.1, -0.05) is 54.6 Å². The van der Waals surface area contributed by atoms with Crippen molar-refractivity contribution in [3.05, 3.63) is 89.3 Å².